The summed E-state index contributed by atoms with van der Waals surface area (Å²) in [5.74, 6) is -2.50. The van der Waals surface area contributed by atoms with Crippen LogP contribution in [-0.2, 0) is 88.3 Å². The third kappa shape index (κ3) is 34.9. The average molecular weight is 1520 g/mol. The number of alkyl halides is 6. The molecule has 2 aliphatic rings. The molecular weight excluding hydrogens is 1430 g/mol. The van der Waals surface area contributed by atoms with Crippen LogP contribution >= 0.6 is 0 Å². The zero-order chi connectivity index (χ0) is 76.4. The number of hydrogen-bond acceptors (Lipinski definition) is 33. The molecule has 44 heteroatoms. The van der Waals surface area contributed by atoms with Crippen LogP contribution in [0.3, 0.4) is 0 Å². The van der Waals surface area contributed by atoms with Gasteiger partial charge >= 0.3 is 12.4 Å². The number of benzene rings is 1. The molecule has 594 valence electrons. The van der Waals surface area contributed by atoms with Crippen molar-refractivity contribution >= 4 is 46.7 Å². The van der Waals surface area contributed by atoms with E-state index in [1.54, 1.807) is 0 Å². The van der Waals surface area contributed by atoms with Gasteiger partial charge in [-0.3, -0.25) is 34.6 Å². The van der Waals surface area contributed by atoms with E-state index in [1.807, 2.05) is 0 Å². The molecule has 2 unspecified atom stereocenters. The van der Waals surface area contributed by atoms with Crippen LogP contribution in [0.5, 0.6) is 0 Å². The maximum atomic E-state index is 13.0. The molecule has 2 aromatic heterocycles. The fraction of sp³-hybridized carbons (Fsp3) is 0.721. The van der Waals surface area contributed by atoms with Crippen LogP contribution in [0.1, 0.15) is 37.1 Å². The minimum absolute atomic E-state index is 0.0277. The lowest BCUT2D eigenvalue weighted by Crippen LogP contribution is -2.57. The number of nitrogens with one attached hydrogen (secondary N) is 6. The van der Waals surface area contributed by atoms with Crippen LogP contribution in [0, 0.1) is 20.2 Å². The number of hydrogen-bond donors (Lipinski definition) is 12. The van der Waals surface area contributed by atoms with Gasteiger partial charge < -0.3 is 124 Å². The molecule has 0 saturated carbocycles. The van der Waals surface area contributed by atoms with E-state index in [1.165, 1.54) is 6.07 Å². The van der Waals surface area contributed by atoms with E-state index in [0.29, 0.717) is 12.1 Å². The van der Waals surface area contributed by atoms with Gasteiger partial charge in [0.1, 0.15) is 60.3 Å². The summed E-state index contributed by atoms with van der Waals surface area (Å²) in [4.78, 5) is 73.7. The normalized spacial score (nSPS) is 20.0. The number of anilines is 3. The van der Waals surface area contributed by atoms with Gasteiger partial charge in [-0.05, 0) is 31.0 Å². The van der Waals surface area contributed by atoms with Crippen LogP contribution in [0.25, 0.3) is 0 Å². The average Bonchev–Trinajstić information content (AvgIpc) is 0.826. The van der Waals surface area contributed by atoms with E-state index in [-0.39, 0.29) is 203 Å². The maximum Gasteiger partial charge on any atom is 0.433 e. The number of non-ortho nitro benzene ring substituents is 1. The molecule has 12 N–H and O–H groups in total. The molecular formula is C61H92F6N12O26. The van der Waals surface area contributed by atoms with E-state index in [0.717, 1.165) is 24.5 Å². The minimum Gasteiger partial charge on any atom is -0.391 e. The number of aromatic nitrogens is 4. The fourth-order valence-electron chi connectivity index (χ4n) is 9.63. The third-order valence-corrected chi connectivity index (χ3v) is 15.1. The van der Waals surface area contributed by atoms with Crippen LogP contribution in [0.4, 0.5) is 55.3 Å². The molecule has 38 nitrogen and oxygen atoms in total. The summed E-state index contributed by atoms with van der Waals surface area (Å²) in [6.07, 6.45) is -19.0. The molecule has 3 aromatic rings. The van der Waals surface area contributed by atoms with Crippen molar-refractivity contribution in [2.75, 3.05) is 194 Å². The van der Waals surface area contributed by atoms with Gasteiger partial charge in [0.25, 0.3) is 11.4 Å². The molecule has 105 heavy (non-hydrogen) atoms. The Balaban J connectivity index is 0.894. The van der Waals surface area contributed by atoms with Crippen LogP contribution in [0.15, 0.2) is 42.7 Å². The monoisotopic (exact) mass is 1520 g/mol. The first-order chi connectivity index (χ1) is 50.3. The van der Waals surface area contributed by atoms with E-state index in [2.05, 4.69) is 51.8 Å². The number of nitro groups is 2. The van der Waals surface area contributed by atoms with E-state index < -0.39 is 148 Å². The molecule has 0 aliphatic carbocycles. The zero-order valence-corrected chi connectivity index (χ0v) is 57.1. The van der Waals surface area contributed by atoms with Crippen molar-refractivity contribution < 1.29 is 143 Å². The van der Waals surface area contributed by atoms with Crippen molar-refractivity contribution in [2.45, 2.75) is 105 Å². The van der Waals surface area contributed by atoms with Crippen LogP contribution in [0.2, 0.25) is 0 Å². The van der Waals surface area contributed by atoms with E-state index in [4.69, 9.17) is 61.6 Å². The van der Waals surface area contributed by atoms with Crippen molar-refractivity contribution in [3.8, 4) is 0 Å². The van der Waals surface area contributed by atoms with Crippen molar-refractivity contribution in [3.63, 3.8) is 0 Å². The molecule has 0 bridgehead atoms. The van der Waals surface area contributed by atoms with Gasteiger partial charge in [0, 0.05) is 50.9 Å². The molecule has 2 aliphatic heterocycles. The number of aliphatic hydroxyl groups excluding tert-OH is 6. The lowest BCUT2D eigenvalue weighted by atomic mass is 9.97. The highest BCUT2D eigenvalue weighted by molar-refractivity contribution is 5.78. The standard InChI is InChI=1S/C61H92F6N12O26/c62-60(63,64)48-7-9-71-58(75-48)73-41-34-104-46(56(87)54(41)85)36-101-30-27-99-25-23-96-20-18-94-15-12-69-50(82)5-3-44(80)53(77-52(84)38-103-32-29-98-22-17-93-14-11-68-40-2-1-39(78(89)90)33-43(40)79(91)92)45(81)4-6-51(83)70-13-16-95-19-21-97-24-26-100-28-31-102-37-47-57(88)55(86)42(35-105-47)74-59-72-10-8-49(76-59)61(65,66)67/h1-2,7-10,33,41-42,44-47,53-57,68,80-81,85-88H,3-6,11-32,34-38H2,(H,69,82)(H,70,83)(H,77,84)(H,71,73,75)(H,72,74,76)/t41-,42-,44?,45?,46+,47+,53?,54+,55+,56-,57-/m0/s1. The number of aliphatic hydroxyl groups is 6. The molecule has 1 aromatic carbocycles. The number of halogens is 6. The van der Waals surface area contributed by atoms with Gasteiger partial charge in [-0.25, -0.2) is 19.9 Å². The second kappa shape index (κ2) is 48.9. The van der Waals surface area contributed by atoms with Gasteiger partial charge in [-0.15, -0.1) is 0 Å². The number of carbonyl (C=O) groups is 3. The smallest absolute Gasteiger partial charge is 0.391 e. The van der Waals surface area contributed by atoms with Crippen molar-refractivity contribution in [1.82, 2.24) is 35.9 Å². The Hall–Kier alpha value is -7.19. The molecule has 4 heterocycles. The highest BCUT2D eigenvalue weighted by Gasteiger charge is 2.42. The third-order valence-electron chi connectivity index (χ3n) is 15.1. The molecule has 0 spiro atoms. The predicted octanol–water partition coefficient (Wildman–Crippen LogP) is -1.08. The highest BCUT2D eigenvalue weighted by Crippen LogP contribution is 2.31. The van der Waals surface area contributed by atoms with Crippen LogP contribution in [-0.4, -0.2) is 323 Å². The van der Waals surface area contributed by atoms with E-state index >= 15 is 0 Å². The van der Waals surface area contributed by atoms with E-state index in [9.17, 15) is 91.6 Å². The Labute approximate surface area is 597 Å². The molecule has 2 saturated heterocycles. The highest BCUT2D eigenvalue weighted by atomic mass is 19.4. The lowest BCUT2D eigenvalue weighted by Gasteiger charge is -2.37. The largest absolute Gasteiger partial charge is 0.433 e. The Morgan fingerprint density at radius 1 is 0.514 bits per heavy atom. The summed E-state index contributed by atoms with van der Waals surface area (Å²) in [5.41, 5.74) is -3.19. The van der Waals surface area contributed by atoms with Gasteiger partial charge in [-0.2, -0.15) is 26.3 Å². The number of amides is 3. The molecule has 0 radical (unpaired) electrons. The Morgan fingerprint density at radius 2 is 0.895 bits per heavy atom. The summed E-state index contributed by atoms with van der Waals surface area (Å²) in [7, 11) is 0. The number of carbonyl (C=O) groups excluding carboxylic acids is 3. The molecule has 10 atom stereocenters. The topological polar surface area (TPSA) is 503 Å². The maximum absolute atomic E-state index is 13.0. The van der Waals surface area contributed by atoms with Crippen LogP contribution < -0.4 is 31.9 Å². The quantitative estimate of drug-likeness (QED) is 0.0138. The van der Waals surface area contributed by atoms with Gasteiger partial charge in [0.05, 0.1) is 198 Å². The van der Waals surface area contributed by atoms with Gasteiger partial charge in [0.2, 0.25) is 29.6 Å². The summed E-state index contributed by atoms with van der Waals surface area (Å²) in [6.45, 7) is 1.72. The first-order valence-electron chi connectivity index (χ1n) is 33.3. The summed E-state index contributed by atoms with van der Waals surface area (Å²) in [6, 6.07) is 1.24. The summed E-state index contributed by atoms with van der Waals surface area (Å²) < 4.78 is 149. The second-order valence-electron chi connectivity index (χ2n) is 23.0. The van der Waals surface area contributed by atoms with Crippen molar-refractivity contribution in [3.05, 3.63) is 74.3 Å². The second-order valence-corrected chi connectivity index (χ2v) is 23.0. The number of rotatable bonds is 55. The number of nitrogens with zero attached hydrogens (tertiary/aromatic N) is 6. The Kier molecular flexibility index (Phi) is 41.2. The fourth-order valence-corrected chi connectivity index (χ4v) is 9.63. The lowest BCUT2D eigenvalue weighted by molar-refractivity contribution is -0.393. The Morgan fingerprint density at radius 3 is 1.29 bits per heavy atom. The molecule has 3 amide bonds. The summed E-state index contributed by atoms with van der Waals surface area (Å²) in [5, 5.41) is 103. The van der Waals surface area contributed by atoms with Gasteiger partial charge in [-0.1, -0.05) is 0 Å². The predicted molar refractivity (Wildman–Crippen MR) is 348 cm³/mol. The van der Waals surface area contributed by atoms with Crippen molar-refractivity contribution in [1.29, 1.82) is 0 Å². The molecule has 5 rings (SSSR count). The number of nitro benzene ring substituents is 2. The van der Waals surface area contributed by atoms with Crippen molar-refractivity contribution in [2.24, 2.45) is 0 Å². The molecule has 2 fully saturated rings. The SMILES string of the molecule is O=C(CCC(O)C(NC(=O)COCCOCCOCCNc1ccc([N+](=O)[O-])cc1[N+](=O)[O-])C(O)CCC(=O)NCCOCCOCCOCCOC[C@H]1OC[C@H](Nc2nccc(C(F)(F)F)n2)[C@@H](O)[C@H]1O)NCCOCCOCCOCCOC[C@H]1OC[C@H](Nc2nccc(C(F)(F)F)n2)[C@@H](O)[C@H]1O. The minimum atomic E-state index is -4.70. The zero-order valence-electron chi connectivity index (χ0n) is 57.1. The summed E-state index contributed by atoms with van der Waals surface area (Å²) >= 11 is 0. The first-order valence-corrected chi connectivity index (χ1v) is 33.3. The first kappa shape index (κ1) is 88.4. The van der Waals surface area contributed by atoms with Gasteiger partial charge in [0.15, 0.2) is 0 Å². The Bertz CT molecular complexity index is 2870. The number of ether oxygens (including phenoxy) is 13.